The van der Waals surface area contributed by atoms with Gasteiger partial charge in [-0.25, -0.2) is 4.79 Å². The molecule has 6 heteroatoms. The van der Waals surface area contributed by atoms with Crippen LogP contribution in [0.25, 0.3) is 0 Å². The summed E-state index contributed by atoms with van der Waals surface area (Å²) in [5.74, 6) is -1.64. The number of fused-ring (bicyclic) bond motifs is 1. The summed E-state index contributed by atoms with van der Waals surface area (Å²) >= 11 is 0. The molecule has 2 atom stereocenters. The van der Waals surface area contributed by atoms with Crippen molar-refractivity contribution < 1.29 is 14.4 Å². The number of benzene rings is 2. The van der Waals surface area contributed by atoms with E-state index in [9.17, 15) is 14.4 Å². The van der Waals surface area contributed by atoms with E-state index >= 15 is 0 Å². The lowest BCUT2D eigenvalue weighted by Gasteiger charge is -2.52. The normalized spacial score (nSPS) is 23.4. The number of nitrogens with one attached hydrogen (secondary N) is 1. The molecule has 0 bridgehead atoms. The Labute approximate surface area is 163 Å². The van der Waals surface area contributed by atoms with Gasteiger partial charge >= 0.3 is 6.03 Å². The number of rotatable bonds is 2. The molecule has 0 aliphatic carbocycles. The number of barbiturate groups is 1. The van der Waals surface area contributed by atoms with Crippen molar-refractivity contribution in [3.63, 3.8) is 0 Å². The Morgan fingerprint density at radius 2 is 1.50 bits per heavy atom. The maximum absolute atomic E-state index is 13.6. The largest absolute Gasteiger partial charge is 0.376 e. The predicted molar refractivity (Wildman–Crippen MR) is 106 cm³/mol. The van der Waals surface area contributed by atoms with Crippen molar-refractivity contribution in [2.24, 2.45) is 5.41 Å². The van der Waals surface area contributed by atoms with Crippen LogP contribution in [0.5, 0.6) is 0 Å². The molecule has 0 radical (unpaired) electrons. The zero-order valence-corrected chi connectivity index (χ0v) is 15.8. The first-order chi connectivity index (χ1) is 13.4. The summed E-state index contributed by atoms with van der Waals surface area (Å²) in [6.45, 7) is 3.94. The van der Waals surface area contributed by atoms with Crippen LogP contribution in [0.3, 0.4) is 0 Å². The molecular weight excluding hydrogens is 354 g/mol. The van der Waals surface area contributed by atoms with Gasteiger partial charge in [0.15, 0.2) is 5.41 Å². The zero-order valence-electron chi connectivity index (χ0n) is 15.8. The van der Waals surface area contributed by atoms with E-state index in [0.717, 1.165) is 26.6 Å². The standard InChI is InChI=1S/C22H21N3O3/c1-4-16-15-12-8-9-13-17(15)23-18(14-10-6-5-7-11-14)22(16)19(26)24(2)21(28)25(3)20(22)27/h4-13,16,18,23H,1H2,2-3H3/t16-,18-/m0/s1. The molecule has 142 valence electrons. The van der Waals surface area contributed by atoms with Crippen LogP contribution < -0.4 is 5.32 Å². The minimum atomic E-state index is -1.55. The number of hydrogen-bond acceptors (Lipinski definition) is 4. The van der Waals surface area contributed by atoms with E-state index in [4.69, 9.17) is 0 Å². The maximum Gasteiger partial charge on any atom is 0.332 e. The van der Waals surface area contributed by atoms with E-state index in [-0.39, 0.29) is 0 Å². The van der Waals surface area contributed by atoms with Crippen molar-refractivity contribution in [1.82, 2.24) is 9.80 Å². The Kier molecular flexibility index (Phi) is 4.07. The van der Waals surface area contributed by atoms with E-state index in [0.29, 0.717) is 0 Å². The number of para-hydroxylation sites is 1. The molecule has 2 aromatic rings. The van der Waals surface area contributed by atoms with Crippen LogP contribution in [-0.4, -0.2) is 41.7 Å². The van der Waals surface area contributed by atoms with Crippen LogP contribution in [0, 0.1) is 5.41 Å². The lowest BCUT2D eigenvalue weighted by Crippen LogP contribution is -2.68. The molecule has 0 unspecified atom stereocenters. The molecule has 1 N–H and O–H groups in total. The molecule has 28 heavy (non-hydrogen) atoms. The van der Waals surface area contributed by atoms with Gasteiger partial charge in [-0.1, -0.05) is 54.6 Å². The summed E-state index contributed by atoms with van der Waals surface area (Å²) in [6, 6.07) is 15.7. The van der Waals surface area contributed by atoms with Gasteiger partial charge in [-0.2, -0.15) is 0 Å². The summed E-state index contributed by atoms with van der Waals surface area (Å²) < 4.78 is 0. The molecular formula is C22H21N3O3. The third-order valence-corrected chi connectivity index (χ3v) is 5.80. The lowest BCUT2D eigenvalue weighted by atomic mass is 9.60. The fourth-order valence-corrected chi connectivity index (χ4v) is 4.46. The van der Waals surface area contributed by atoms with Crippen LogP contribution in [0.4, 0.5) is 10.5 Å². The highest BCUT2D eigenvalue weighted by molar-refractivity contribution is 6.20. The monoisotopic (exact) mass is 375 g/mol. The van der Waals surface area contributed by atoms with Crippen LogP contribution in [0.15, 0.2) is 67.3 Å². The van der Waals surface area contributed by atoms with Gasteiger partial charge in [-0.3, -0.25) is 19.4 Å². The third kappa shape index (κ3) is 2.17. The van der Waals surface area contributed by atoms with Crippen LogP contribution >= 0.6 is 0 Å². The summed E-state index contributed by atoms with van der Waals surface area (Å²) in [7, 11) is 2.83. The van der Waals surface area contributed by atoms with Crippen molar-refractivity contribution in [1.29, 1.82) is 0 Å². The van der Waals surface area contributed by atoms with Crippen molar-refractivity contribution in [3.8, 4) is 0 Å². The molecule has 1 fully saturated rings. The SMILES string of the molecule is C=C[C@H]1c2ccccc2N[C@@H](c2ccccc2)C12C(=O)N(C)C(=O)N(C)C2=O. The number of imide groups is 2. The van der Waals surface area contributed by atoms with Gasteiger partial charge in [0.1, 0.15) is 0 Å². The van der Waals surface area contributed by atoms with E-state index < -0.39 is 35.2 Å². The van der Waals surface area contributed by atoms with Crippen molar-refractivity contribution >= 4 is 23.5 Å². The van der Waals surface area contributed by atoms with Gasteiger partial charge in [0.2, 0.25) is 11.8 Å². The average molecular weight is 375 g/mol. The smallest absolute Gasteiger partial charge is 0.332 e. The highest BCUT2D eigenvalue weighted by Gasteiger charge is 2.65. The van der Waals surface area contributed by atoms with Crippen molar-refractivity contribution in [3.05, 3.63) is 78.4 Å². The predicted octanol–water partition coefficient (Wildman–Crippen LogP) is 3.16. The molecule has 4 amide bonds. The molecule has 1 saturated heterocycles. The third-order valence-electron chi connectivity index (χ3n) is 5.80. The lowest BCUT2D eigenvalue weighted by molar-refractivity contribution is -0.160. The number of urea groups is 1. The maximum atomic E-state index is 13.6. The van der Waals surface area contributed by atoms with E-state index in [1.807, 2.05) is 54.6 Å². The second-order valence-electron chi connectivity index (χ2n) is 7.17. The second-order valence-corrected chi connectivity index (χ2v) is 7.17. The molecule has 1 spiro atoms. The first-order valence-corrected chi connectivity index (χ1v) is 9.07. The summed E-state index contributed by atoms with van der Waals surface area (Å²) in [4.78, 5) is 41.7. The van der Waals surface area contributed by atoms with Crippen molar-refractivity contribution in [2.45, 2.75) is 12.0 Å². The number of nitrogens with zero attached hydrogens (tertiary/aromatic N) is 2. The molecule has 2 aliphatic rings. The fourth-order valence-electron chi connectivity index (χ4n) is 4.46. The van der Waals surface area contributed by atoms with Crippen molar-refractivity contribution in [2.75, 3.05) is 19.4 Å². The second kappa shape index (κ2) is 6.34. The number of amides is 4. The molecule has 4 rings (SSSR count). The Balaban J connectivity index is 2.05. The summed E-state index contributed by atoms with van der Waals surface area (Å²) in [5.41, 5.74) is 0.897. The Morgan fingerprint density at radius 3 is 2.11 bits per heavy atom. The van der Waals surface area contributed by atoms with Gasteiger partial charge in [0, 0.05) is 25.7 Å². The average Bonchev–Trinajstić information content (AvgIpc) is 2.74. The molecule has 2 aliphatic heterocycles. The Hall–Kier alpha value is -3.41. The number of carbonyl (C=O) groups is 3. The zero-order chi connectivity index (χ0) is 20.1. The minimum absolute atomic E-state index is 0.527. The van der Waals surface area contributed by atoms with E-state index in [1.54, 1.807) is 6.08 Å². The number of allylic oxidation sites excluding steroid dienone is 1. The first kappa shape index (κ1) is 18.0. The molecule has 2 aromatic carbocycles. The topological polar surface area (TPSA) is 69.7 Å². The molecule has 0 saturated carbocycles. The van der Waals surface area contributed by atoms with Gasteiger partial charge < -0.3 is 5.32 Å². The van der Waals surface area contributed by atoms with Gasteiger partial charge in [-0.15, -0.1) is 6.58 Å². The summed E-state index contributed by atoms with van der Waals surface area (Å²) in [6.07, 6.45) is 1.64. The molecule has 0 aromatic heterocycles. The summed E-state index contributed by atoms with van der Waals surface area (Å²) in [5, 5.41) is 3.40. The van der Waals surface area contributed by atoms with Gasteiger partial charge in [0.05, 0.1) is 6.04 Å². The molecule has 2 heterocycles. The number of carbonyl (C=O) groups excluding carboxylic acids is 3. The van der Waals surface area contributed by atoms with Gasteiger partial charge in [-0.05, 0) is 17.2 Å². The van der Waals surface area contributed by atoms with E-state index in [2.05, 4.69) is 11.9 Å². The number of anilines is 1. The van der Waals surface area contributed by atoms with Gasteiger partial charge in [0.25, 0.3) is 0 Å². The Morgan fingerprint density at radius 1 is 0.929 bits per heavy atom. The quantitative estimate of drug-likeness (QED) is 0.647. The number of hydrogen-bond donors (Lipinski definition) is 1. The Bertz CT molecular complexity index is 962. The van der Waals surface area contributed by atoms with Crippen LogP contribution in [-0.2, 0) is 9.59 Å². The minimum Gasteiger partial charge on any atom is -0.376 e. The molecule has 6 nitrogen and oxygen atoms in total. The van der Waals surface area contributed by atoms with E-state index in [1.165, 1.54) is 14.1 Å². The first-order valence-electron chi connectivity index (χ1n) is 9.07. The highest BCUT2D eigenvalue weighted by Crippen LogP contribution is 2.56. The van der Waals surface area contributed by atoms with Crippen LogP contribution in [0.2, 0.25) is 0 Å². The van der Waals surface area contributed by atoms with Crippen LogP contribution in [0.1, 0.15) is 23.1 Å². The fraction of sp³-hybridized carbons (Fsp3) is 0.227. The highest BCUT2D eigenvalue weighted by atomic mass is 16.2.